The number of halogens is 3. The average Bonchev–Trinajstić information content (AvgIpc) is 3.07. The molecular formula is C21H23F3N2O4S. The van der Waals surface area contributed by atoms with Crippen LogP contribution in [0.5, 0.6) is 0 Å². The number of nitrogens with zero attached hydrogens (tertiary/aromatic N) is 1. The molecule has 0 unspecified atom stereocenters. The van der Waals surface area contributed by atoms with Crippen LogP contribution < -0.4 is 4.72 Å². The highest BCUT2D eigenvalue weighted by Gasteiger charge is 2.40. The largest absolute Gasteiger partial charge is 0.440 e. The number of alkyl halides is 3. The highest BCUT2D eigenvalue weighted by molar-refractivity contribution is 7.88. The second-order valence-corrected chi connectivity index (χ2v) is 9.27. The van der Waals surface area contributed by atoms with Gasteiger partial charge in [-0.25, -0.2) is 17.9 Å². The lowest BCUT2D eigenvalue weighted by Crippen LogP contribution is -2.48. The molecule has 1 saturated heterocycles. The average molecular weight is 456 g/mol. The van der Waals surface area contributed by atoms with Crippen molar-refractivity contribution in [1.82, 2.24) is 9.62 Å². The Balaban J connectivity index is 1.83. The minimum Gasteiger partial charge on any atom is -0.440 e. The molecule has 1 aliphatic rings. The number of carbonyl (C=O) groups is 1. The highest BCUT2D eigenvalue weighted by atomic mass is 32.2. The van der Waals surface area contributed by atoms with E-state index in [0.29, 0.717) is 0 Å². The van der Waals surface area contributed by atoms with Crippen LogP contribution in [-0.2, 0) is 21.2 Å². The van der Waals surface area contributed by atoms with Crippen LogP contribution in [0.3, 0.4) is 0 Å². The number of amides is 1. The van der Waals surface area contributed by atoms with E-state index in [-0.39, 0.29) is 19.4 Å². The molecule has 1 heterocycles. The number of carbonyl (C=O) groups excluding carboxylic acids is 1. The second kappa shape index (κ2) is 9.27. The summed E-state index contributed by atoms with van der Waals surface area (Å²) in [6.07, 6.45) is -4.21. The first kappa shape index (κ1) is 23.1. The van der Waals surface area contributed by atoms with Gasteiger partial charge in [-0.1, -0.05) is 54.6 Å². The van der Waals surface area contributed by atoms with Gasteiger partial charge in [0, 0.05) is 12.6 Å². The topological polar surface area (TPSA) is 75.7 Å². The summed E-state index contributed by atoms with van der Waals surface area (Å²) >= 11 is 0. The van der Waals surface area contributed by atoms with Crippen LogP contribution >= 0.6 is 0 Å². The van der Waals surface area contributed by atoms with Crippen molar-refractivity contribution in [3.8, 4) is 11.1 Å². The number of hydrogen-bond acceptors (Lipinski definition) is 4. The molecule has 2 aromatic rings. The Morgan fingerprint density at radius 2 is 1.81 bits per heavy atom. The van der Waals surface area contributed by atoms with Gasteiger partial charge in [0.25, 0.3) is 0 Å². The Morgan fingerprint density at radius 1 is 1.13 bits per heavy atom. The van der Waals surface area contributed by atoms with Gasteiger partial charge in [0.1, 0.15) is 0 Å². The molecule has 168 valence electrons. The molecule has 6 nitrogen and oxygen atoms in total. The van der Waals surface area contributed by atoms with E-state index in [2.05, 4.69) is 9.46 Å². The zero-order valence-electron chi connectivity index (χ0n) is 16.8. The van der Waals surface area contributed by atoms with Gasteiger partial charge in [-0.2, -0.15) is 13.2 Å². The molecule has 1 fully saturated rings. The maximum absolute atomic E-state index is 12.5. The predicted octanol–water partition coefficient (Wildman–Crippen LogP) is 3.59. The summed E-state index contributed by atoms with van der Waals surface area (Å²) in [6, 6.07) is 15.8. The van der Waals surface area contributed by atoms with Crippen molar-refractivity contribution in [2.24, 2.45) is 0 Å². The van der Waals surface area contributed by atoms with Crippen molar-refractivity contribution in [2.45, 2.75) is 31.1 Å². The van der Waals surface area contributed by atoms with Gasteiger partial charge in [0.15, 0.2) is 6.61 Å². The third-order valence-electron chi connectivity index (χ3n) is 4.98. The summed E-state index contributed by atoms with van der Waals surface area (Å²) in [5.74, 6) is 0. The molecular weight excluding hydrogens is 433 g/mol. The van der Waals surface area contributed by atoms with E-state index < -0.39 is 41.0 Å². The van der Waals surface area contributed by atoms with E-state index >= 15 is 0 Å². The molecule has 1 amide bonds. The summed E-state index contributed by atoms with van der Waals surface area (Å²) in [7, 11) is -3.58. The first-order chi connectivity index (χ1) is 14.5. The smallest absolute Gasteiger partial charge is 0.422 e. The number of hydrogen-bond donors (Lipinski definition) is 1. The molecule has 3 rings (SSSR count). The van der Waals surface area contributed by atoms with Gasteiger partial charge < -0.3 is 9.64 Å². The number of nitrogens with one attached hydrogen (secondary N) is 1. The minimum absolute atomic E-state index is 0.0902. The van der Waals surface area contributed by atoms with Gasteiger partial charge in [0.2, 0.25) is 10.0 Å². The molecule has 0 radical (unpaired) electrons. The third-order valence-corrected chi connectivity index (χ3v) is 5.71. The predicted molar refractivity (Wildman–Crippen MR) is 110 cm³/mol. The Labute approximate surface area is 179 Å². The summed E-state index contributed by atoms with van der Waals surface area (Å²) in [5, 5.41) is 0. The zero-order chi connectivity index (χ0) is 22.6. The number of likely N-dealkylation sites (tertiary alicyclic amines) is 1. The first-order valence-electron chi connectivity index (χ1n) is 9.64. The van der Waals surface area contributed by atoms with Gasteiger partial charge in [-0.3, -0.25) is 0 Å². The molecule has 31 heavy (non-hydrogen) atoms. The normalized spacial score (nSPS) is 19.4. The summed E-state index contributed by atoms with van der Waals surface area (Å²) in [5.41, 5.74) is 2.75. The summed E-state index contributed by atoms with van der Waals surface area (Å²) < 4.78 is 67.8. The second-order valence-electron chi connectivity index (χ2n) is 7.49. The quantitative estimate of drug-likeness (QED) is 0.721. The van der Waals surface area contributed by atoms with E-state index in [0.717, 1.165) is 22.9 Å². The fraction of sp³-hybridized carbons (Fsp3) is 0.381. The minimum atomic E-state index is -4.64. The van der Waals surface area contributed by atoms with Crippen molar-refractivity contribution in [1.29, 1.82) is 0 Å². The lowest BCUT2D eigenvalue weighted by atomic mass is 9.97. The van der Waals surface area contributed by atoms with Crippen molar-refractivity contribution in [3.05, 3.63) is 60.2 Å². The number of sulfonamides is 1. The van der Waals surface area contributed by atoms with E-state index in [1.54, 1.807) is 0 Å². The maximum atomic E-state index is 12.5. The highest BCUT2D eigenvalue weighted by Crippen LogP contribution is 2.27. The van der Waals surface area contributed by atoms with Crippen LogP contribution in [0.15, 0.2) is 54.6 Å². The Morgan fingerprint density at radius 3 is 2.45 bits per heavy atom. The lowest BCUT2D eigenvalue weighted by molar-refractivity contribution is -0.162. The molecule has 0 bridgehead atoms. The SMILES string of the molecule is CS(=O)(=O)N[C@@H]1CCN(C(=O)OCC(F)(F)F)[C@@H]1Cc1cccc(-c2ccccc2)c1. The molecule has 0 aromatic heterocycles. The molecule has 1 N–H and O–H groups in total. The molecule has 2 aromatic carbocycles. The van der Waals surface area contributed by atoms with Crippen LogP contribution in [0.2, 0.25) is 0 Å². The number of ether oxygens (including phenoxy) is 1. The van der Waals surface area contributed by atoms with Crippen molar-refractivity contribution in [3.63, 3.8) is 0 Å². The molecule has 1 aliphatic heterocycles. The van der Waals surface area contributed by atoms with Gasteiger partial charge in [0.05, 0.1) is 12.3 Å². The molecule has 0 spiro atoms. The van der Waals surface area contributed by atoms with Crippen molar-refractivity contribution in [2.75, 3.05) is 19.4 Å². The zero-order valence-corrected chi connectivity index (χ0v) is 17.6. The van der Waals surface area contributed by atoms with Crippen LogP contribution in [0.25, 0.3) is 11.1 Å². The fourth-order valence-electron chi connectivity index (χ4n) is 3.72. The van der Waals surface area contributed by atoms with Crippen LogP contribution in [0, 0.1) is 0 Å². The van der Waals surface area contributed by atoms with Crippen molar-refractivity contribution >= 4 is 16.1 Å². The summed E-state index contributed by atoms with van der Waals surface area (Å²) in [4.78, 5) is 13.5. The molecule has 2 atom stereocenters. The van der Waals surface area contributed by atoms with Crippen LogP contribution in [0.4, 0.5) is 18.0 Å². The molecule has 0 saturated carbocycles. The van der Waals surface area contributed by atoms with Crippen LogP contribution in [0.1, 0.15) is 12.0 Å². The standard InChI is InChI=1S/C21H23F3N2O4S/c1-31(28,29)25-18-10-11-26(20(27)30-14-21(22,23)24)19(18)13-15-6-5-9-17(12-15)16-7-3-2-4-8-16/h2-9,12,18-19,25H,10-11,13-14H2,1H3/t18-,19-/m1/s1. The van der Waals surface area contributed by atoms with Crippen molar-refractivity contribution < 1.29 is 31.1 Å². The van der Waals surface area contributed by atoms with Gasteiger partial charge in [-0.15, -0.1) is 0 Å². The Bertz CT molecular complexity index is 1010. The van der Waals surface area contributed by atoms with E-state index in [4.69, 9.17) is 0 Å². The van der Waals surface area contributed by atoms with E-state index in [9.17, 15) is 26.4 Å². The molecule has 10 heteroatoms. The molecule has 0 aliphatic carbocycles. The lowest BCUT2D eigenvalue weighted by Gasteiger charge is -2.28. The number of benzene rings is 2. The monoisotopic (exact) mass is 456 g/mol. The number of rotatable bonds is 6. The third kappa shape index (κ3) is 6.70. The Kier molecular flexibility index (Phi) is 6.90. The Hall–Kier alpha value is -2.59. The fourth-order valence-corrected chi connectivity index (χ4v) is 4.55. The van der Waals surface area contributed by atoms with Gasteiger partial charge >= 0.3 is 12.3 Å². The maximum Gasteiger partial charge on any atom is 0.422 e. The first-order valence-corrected chi connectivity index (χ1v) is 11.5. The summed E-state index contributed by atoms with van der Waals surface area (Å²) in [6.45, 7) is -1.60. The van der Waals surface area contributed by atoms with E-state index in [1.165, 1.54) is 4.90 Å². The van der Waals surface area contributed by atoms with Crippen LogP contribution in [-0.4, -0.2) is 57.1 Å². The van der Waals surface area contributed by atoms with Gasteiger partial charge in [-0.05, 0) is 29.5 Å². The van der Waals surface area contributed by atoms with E-state index in [1.807, 2.05) is 54.6 Å².